The fraction of sp³-hybridized carbons (Fsp3) is 0.250. The summed E-state index contributed by atoms with van der Waals surface area (Å²) < 4.78 is 16.3. The van der Waals surface area contributed by atoms with Crippen molar-refractivity contribution in [2.45, 2.75) is 6.61 Å². The van der Waals surface area contributed by atoms with Crippen LogP contribution in [0.2, 0.25) is 0 Å². The lowest BCUT2D eigenvalue weighted by atomic mass is 10.2. The minimum absolute atomic E-state index is 0.430. The Hall–Kier alpha value is -2.36. The van der Waals surface area contributed by atoms with Gasteiger partial charge in [-0.05, 0) is 42.5 Å². The zero-order valence-electron chi connectivity index (χ0n) is 12.0. The number of anilines is 1. The summed E-state index contributed by atoms with van der Waals surface area (Å²) in [6.45, 7) is 0.430. The van der Waals surface area contributed by atoms with Gasteiger partial charge < -0.3 is 19.5 Å². The van der Waals surface area contributed by atoms with Crippen LogP contribution in [0.1, 0.15) is 5.56 Å². The highest BCUT2D eigenvalue weighted by atomic mass is 16.5. The second kappa shape index (κ2) is 6.70. The molecule has 0 radical (unpaired) electrons. The van der Waals surface area contributed by atoms with Gasteiger partial charge in [0, 0.05) is 18.3 Å². The molecule has 0 fully saturated rings. The van der Waals surface area contributed by atoms with E-state index in [4.69, 9.17) is 14.2 Å². The molecule has 0 amide bonds. The monoisotopic (exact) mass is 273 g/mol. The molecule has 0 saturated carbocycles. The van der Waals surface area contributed by atoms with Crippen molar-refractivity contribution in [1.82, 2.24) is 0 Å². The maximum absolute atomic E-state index is 5.77. The van der Waals surface area contributed by atoms with Crippen LogP contribution in [0, 0.1) is 0 Å². The summed E-state index contributed by atoms with van der Waals surface area (Å²) in [4.78, 5) is 0. The first-order valence-corrected chi connectivity index (χ1v) is 6.38. The minimum Gasteiger partial charge on any atom is -0.497 e. The van der Waals surface area contributed by atoms with Gasteiger partial charge >= 0.3 is 0 Å². The number of benzene rings is 2. The normalized spacial score (nSPS) is 9.95. The second-order valence-electron chi connectivity index (χ2n) is 4.24. The number of rotatable bonds is 6. The van der Waals surface area contributed by atoms with Gasteiger partial charge in [-0.3, -0.25) is 0 Å². The molecular formula is C16H19NO3. The largest absolute Gasteiger partial charge is 0.497 e. The van der Waals surface area contributed by atoms with E-state index in [0.29, 0.717) is 6.61 Å². The SMILES string of the molecule is CNc1ccc(OCc2cc(OC)ccc2OC)cc1. The first-order chi connectivity index (χ1) is 9.76. The molecule has 1 N–H and O–H groups in total. The third-order valence-corrected chi connectivity index (χ3v) is 3.02. The van der Waals surface area contributed by atoms with E-state index in [9.17, 15) is 0 Å². The Morgan fingerprint density at radius 2 is 1.60 bits per heavy atom. The molecule has 0 spiro atoms. The molecule has 4 nitrogen and oxygen atoms in total. The highest BCUT2D eigenvalue weighted by molar-refractivity contribution is 5.46. The van der Waals surface area contributed by atoms with E-state index in [-0.39, 0.29) is 0 Å². The maximum Gasteiger partial charge on any atom is 0.125 e. The van der Waals surface area contributed by atoms with E-state index in [1.807, 2.05) is 49.5 Å². The smallest absolute Gasteiger partial charge is 0.125 e. The van der Waals surface area contributed by atoms with Gasteiger partial charge in [-0.1, -0.05) is 0 Å². The van der Waals surface area contributed by atoms with E-state index < -0.39 is 0 Å². The third-order valence-electron chi connectivity index (χ3n) is 3.02. The Kier molecular flexibility index (Phi) is 4.71. The number of methoxy groups -OCH3 is 2. The van der Waals surface area contributed by atoms with Crippen LogP contribution < -0.4 is 19.5 Å². The molecular weight excluding hydrogens is 254 g/mol. The molecule has 106 valence electrons. The van der Waals surface area contributed by atoms with E-state index in [2.05, 4.69) is 5.32 Å². The number of hydrogen-bond donors (Lipinski definition) is 1. The van der Waals surface area contributed by atoms with E-state index in [1.54, 1.807) is 14.2 Å². The van der Waals surface area contributed by atoms with Gasteiger partial charge in [0.05, 0.1) is 14.2 Å². The van der Waals surface area contributed by atoms with Crippen molar-refractivity contribution >= 4 is 5.69 Å². The zero-order valence-corrected chi connectivity index (χ0v) is 12.0. The lowest BCUT2D eigenvalue weighted by Crippen LogP contribution is -1.99. The lowest BCUT2D eigenvalue weighted by Gasteiger charge is -2.12. The third kappa shape index (κ3) is 3.35. The van der Waals surface area contributed by atoms with Gasteiger partial charge in [-0.25, -0.2) is 0 Å². The molecule has 0 aliphatic rings. The molecule has 0 bridgehead atoms. The van der Waals surface area contributed by atoms with Gasteiger partial charge in [-0.2, -0.15) is 0 Å². The van der Waals surface area contributed by atoms with Gasteiger partial charge in [0.1, 0.15) is 23.9 Å². The standard InChI is InChI=1S/C16H19NO3/c1-17-13-4-6-14(7-5-13)20-11-12-10-15(18-2)8-9-16(12)19-3/h4-10,17H,11H2,1-3H3. The lowest BCUT2D eigenvalue weighted by molar-refractivity contribution is 0.295. The Bertz CT molecular complexity index is 552. The predicted molar refractivity (Wildman–Crippen MR) is 79.9 cm³/mol. The van der Waals surface area contributed by atoms with Crippen molar-refractivity contribution in [2.75, 3.05) is 26.6 Å². The second-order valence-corrected chi connectivity index (χ2v) is 4.24. The predicted octanol–water partition coefficient (Wildman–Crippen LogP) is 3.32. The summed E-state index contributed by atoms with van der Waals surface area (Å²) in [7, 11) is 5.17. The molecule has 0 aliphatic heterocycles. The van der Waals surface area contributed by atoms with Crippen LogP contribution >= 0.6 is 0 Å². The summed E-state index contributed by atoms with van der Waals surface area (Å²) in [5, 5.41) is 3.07. The van der Waals surface area contributed by atoms with Crippen LogP contribution in [0.25, 0.3) is 0 Å². The Morgan fingerprint density at radius 1 is 0.900 bits per heavy atom. The molecule has 0 unspecified atom stereocenters. The first kappa shape index (κ1) is 14.1. The maximum atomic E-state index is 5.77. The summed E-state index contributed by atoms with van der Waals surface area (Å²) in [5.41, 5.74) is 2.00. The molecule has 0 atom stereocenters. The quantitative estimate of drug-likeness (QED) is 0.876. The summed E-state index contributed by atoms with van der Waals surface area (Å²) in [5.74, 6) is 2.39. The highest BCUT2D eigenvalue weighted by Gasteiger charge is 2.06. The molecule has 0 heterocycles. The van der Waals surface area contributed by atoms with Crippen LogP contribution in [0.5, 0.6) is 17.2 Å². The molecule has 0 aromatic heterocycles. The molecule has 4 heteroatoms. The van der Waals surface area contributed by atoms with Gasteiger partial charge in [-0.15, -0.1) is 0 Å². The van der Waals surface area contributed by atoms with E-state index in [0.717, 1.165) is 28.5 Å². The number of nitrogens with one attached hydrogen (secondary N) is 1. The average molecular weight is 273 g/mol. The summed E-state index contributed by atoms with van der Waals surface area (Å²) in [6.07, 6.45) is 0. The van der Waals surface area contributed by atoms with E-state index in [1.165, 1.54) is 0 Å². The van der Waals surface area contributed by atoms with Crippen LogP contribution in [0.3, 0.4) is 0 Å². The van der Waals surface area contributed by atoms with Gasteiger partial charge in [0.15, 0.2) is 0 Å². The van der Waals surface area contributed by atoms with Crippen LogP contribution in [0.4, 0.5) is 5.69 Å². The van der Waals surface area contributed by atoms with E-state index >= 15 is 0 Å². The summed E-state index contributed by atoms with van der Waals surface area (Å²) in [6, 6.07) is 13.5. The Labute approximate surface area is 119 Å². The fourth-order valence-corrected chi connectivity index (χ4v) is 1.87. The molecule has 20 heavy (non-hydrogen) atoms. The van der Waals surface area contributed by atoms with Crippen LogP contribution in [0.15, 0.2) is 42.5 Å². The van der Waals surface area contributed by atoms with Crippen molar-refractivity contribution in [3.8, 4) is 17.2 Å². The Balaban J connectivity index is 2.08. The van der Waals surface area contributed by atoms with Crippen molar-refractivity contribution in [3.63, 3.8) is 0 Å². The topological polar surface area (TPSA) is 39.7 Å². The molecule has 2 aromatic rings. The van der Waals surface area contributed by atoms with Crippen molar-refractivity contribution < 1.29 is 14.2 Å². The van der Waals surface area contributed by atoms with Crippen LogP contribution in [-0.4, -0.2) is 21.3 Å². The molecule has 0 aliphatic carbocycles. The molecule has 0 saturated heterocycles. The van der Waals surface area contributed by atoms with Crippen molar-refractivity contribution in [3.05, 3.63) is 48.0 Å². The molecule has 2 aromatic carbocycles. The zero-order chi connectivity index (χ0) is 14.4. The highest BCUT2D eigenvalue weighted by Crippen LogP contribution is 2.25. The summed E-state index contributed by atoms with van der Waals surface area (Å²) >= 11 is 0. The van der Waals surface area contributed by atoms with Gasteiger partial charge in [0.2, 0.25) is 0 Å². The van der Waals surface area contributed by atoms with Crippen molar-refractivity contribution in [2.24, 2.45) is 0 Å². The Morgan fingerprint density at radius 3 is 2.20 bits per heavy atom. The van der Waals surface area contributed by atoms with Crippen LogP contribution in [-0.2, 0) is 6.61 Å². The number of hydrogen-bond acceptors (Lipinski definition) is 4. The first-order valence-electron chi connectivity index (χ1n) is 6.38. The number of ether oxygens (including phenoxy) is 3. The molecule has 2 rings (SSSR count). The fourth-order valence-electron chi connectivity index (χ4n) is 1.87. The van der Waals surface area contributed by atoms with Crippen molar-refractivity contribution in [1.29, 1.82) is 0 Å². The minimum atomic E-state index is 0.430. The van der Waals surface area contributed by atoms with Gasteiger partial charge in [0.25, 0.3) is 0 Å². The average Bonchev–Trinajstić information content (AvgIpc) is 2.53.